The number of carbonyl (C=O) groups excluding carboxylic acids is 3. The van der Waals surface area contributed by atoms with Crippen molar-refractivity contribution in [3.8, 4) is 0 Å². The number of hydrogen-bond donors (Lipinski definition) is 8. The van der Waals surface area contributed by atoms with Crippen LogP contribution in [-0.2, 0) is 20.7 Å². The summed E-state index contributed by atoms with van der Waals surface area (Å²) in [7, 11) is 1.95. The third kappa shape index (κ3) is 9.52. The van der Waals surface area contributed by atoms with Crippen LogP contribution in [0.1, 0.15) is 137 Å². The average Bonchev–Trinajstić information content (AvgIpc) is 4.06. The molecule has 10 unspecified atom stereocenters. The molecule has 9 N–H and O–H groups in total. The van der Waals surface area contributed by atoms with Gasteiger partial charge in [0.1, 0.15) is 11.9 Å². The van der Waals surface area contributed by atoms with Gasteiger partial charge in [0.15, 0.2) is 11.4 Å². The van der Waals surface area contributed by atoms with Gasteiger partial charge in [-0.15, -0.1) is 0 Å². The molecular formula is C56H76N6O7. The topological polar surface area (TPSA) is 200 Å². The van der Waals surface area contributed by atoms with E-state index >= 15 is 14.4 Å². The van der Waals surface area contributed by atoms with E-state index in [-0.39, 0.29) is 66.4 Å². The third-order valence-corrected chi connectivity index (χ3v) is 16.9. The van der Waals surface area contributed by atoms with Crippen LogP contribution < -0.4 is 32.3 Å². The van der Waals surface area contributed by atoms with Crippen LogP contribution in [0.25, 0.3) is 0 Å². The van der Waals surface area contributed by atoms with Crippen molar-refractivity contribution in [3.05, 3.63) is 117 Å². The molecule has 0 amide bonds. The van der Waals surface area contributed by atoms with Gasteiger partial charge in [0.05, 0.1) is 18.9 Å². The molecule has 69 heavy (non-hydrogen) atoms. The summed E-state index contributed by atoms with van der Waals surface area (Å²) < 4.78 is 13.4. The van der Waals surface area contributed by atoms with Gasteiger partial charge in [0, 0.05) is 48.9 Å². The van der Waals surface area contributed by atoms with Crippen molar-refractivity contribution < 1.29 is 34.1 Å². The highest BCUT2D eigenvalue weighted by molar-refractivity contribution is 6.33. The maximum Gasteiger partial charge on any atom is 0.350 e. The first kappa shape index (κ1) is 49.4. The Hall–Kier alpha value is -4.63. The summed E-state index contributed by atoms with van der Waals surface area (Å²) in [4.78, 5) is 46.9. The quantitative estimate of drug-likeness (QED) is 0.0444. The van der Waals surface area contributed by atoms with Gasteiger partial charge in [-0.2, -0.15) is 0 Å². The fourth-order valence-electron chi connectivity index (χ4n) is 13.1. The SMILES string of the molecule is CCNC1C=C2C=CCC3CCCCC(C)(CC4=CNC(N)C=C4)Cc4cccc5c4C(=O)C4(OC4(CC(CO)=C(C)CCC4=CCNC6=C4CCC(NC)N6)C5=O)C(=O)OC(CCCO)C1CC23. The van der Waals surface area contributed by atoms with Gasteiger partial charge in [0.2, 0.25) is 5.78 Å². The number of carbonyl (C=O) groups is 3. The molecule has 13 nitrogen and oxygen atoms in total. The number of nitrogens with two attached hydrogens (primary N) is 1. The number of likely N-dealkylation sites (N-methyl/N-ethyl adjacent to an activating group) is 1. The van der Waals surface area contributed by atoms with Gasteiger partial charge < -0.3 is 52.0 Å². The zero-order chi connectivity index (χ0) is 48.5. The minimum absolute atomic E-state index is 0.0838. The van der Waals surface area contributed by atoms with Gasteiger partial charge in [-0.1, -0.05) is 80.8 Å². The molecule has 0 radical (unpaired) electrons. The minimum atomic E-state index is -2.25. The fourth-order valence-corrected chi connectivity index (χ4v) is 13.1. The van der Waals surface area contributed by atoms with E-state index in [1.54, 1.807) is 6.07 Å². The van der Waals surface area contributed by atoms with Crippen molar-refractivity contribution in [1.29, 1.82) is 0 Å². The zero-order valence-corrected chi connectivity index (χ0v) is 41.3. The van der Waals surface area contributed by atoms with E-state index in [0.29, 0.717) is 62.2 Å². The molecule has 1 aromatic rings. The van der Waals surface area contributed by atoms with Gasteiger partial charge in [0.25, 0.3) is 5.60 Å². The number of cyclic esters (lactones) is 1. The molecule has 0 aromatic heterocycles. The van der Waals surface area contributed by atoms with Crippen molar-refractivity contribution in [2.45, 2.75) is 153 Å². The molecule has 10 atom stereocenters. The highest BCUT2D eigenvalue weighted by Gasteiger charge is 2.86. The Bertz CT molecular complexity index is 2400. The first-order chi connectivity index (χ1) is 33.4. The number of Topliss-reactive ketones (excluding diaryl/α,β-unsaturated/α-hetero) is 2. The smallest absolute Gasteiger partial charge is 0.350 e. The van der Waals surface area contributed by atoms with E-state index in [2.05, 4.69) is 70.8 Å². The van der Waals surface area contributed by atoms with Gasteiger partial charge in [-0.3, -0.25) is 9.59 Å². The Kier molecular flexibility index (Phi) is 14.7. The first-order valence-corrected chi connectivity index (χ1v) is 26.0. The summed E-state index contributed by atoms with van der Waals surface area (Å²) in [5.41, 5.74) is 9.25. The number of aliphatic hydroxyl groups is 2. The lowest BCUT2D eigenvalue weighted by Crippen LogP contribution is -2.53. The number of nitrogens with one attached hydrogen (secondary N) is 5. The summed E-state index contributed by atoms with van der Waals surface area (Å²) >= 11 is 0. The molecule has 0 saturated carbocycles. The second-order valence-corrected chi connectivity index (χ2v) is 21.5. The predicted octanol–water partition coefficient (Wildman–Crippen LogP) is 6.36. The monoisotopic (exact) mass is 945 g/mol. The van der Waals surface area contributed by atoms with Crippen molar-refractivity contribution in [2.24, 2.45) is 28.9 Å². The van der Waals surface area contributed by atoms with Crippen LogP contribution >= 0.6 is 0 Å². The molecule has 372 valence electrons. The van der Waals surface area contributed by atoms with Gasteiger partial charge >= 0.3 is 5.97 Å². The Balaban J connectivity index is 1.11. The maximum absolute atomic E-state index is 15.8. The third-order valence-electron chi connectivity index (χ3n) is 16.9. The number of esters is 1. The second kappa shape index (κ2) is 20.6. The number of ketones is 2. The van der Waals surface area contributed by atoms with Crippen LogP contribution in [0.15, 0.2) is 100 Å². The van der Waals surface area contributed by atoms with Crippen molar-refractivity contribution in [1.82, 2.24) is 26.6 Å². The summed E-state index contributed by atoms with van der Waals surface area (Å²) in [6.07, 6.45) is 25.2. The van der Waals surface area contributed by atoms with Crippen molar-refractivity contribution in [3.63, 3.8) is 0 Å². The number of hydrogen-bond acceptors (Lipinski definition) is 13. The number of ether oxygens (including phenoxy) is 2. The summed E-state index contributed by atoms with van der Waals surface area (Å²) in [6.45, 7) is 7.27. The molecule has 5 heterocycles. The molecule has 1 saturated heterocycles. The number of fused-ring (bicyclic) bond motifs is 1. The molecular weight excluding hydrogens is 869 g/mol. The van der Waals surface area contributed by atoms with Crippen molar-refractivity contribution >= 4 is 17.5 Å². The van der Waals surface area contributed by atoms with E-state index < -0.39 is 34.8 Å². The lowest BCUT2D eigenvalue weighted by Gasteiger charge is -2.43. The van der Waals surface area contributed by atoms with Gasteiger partial charge in [-0.05, 0) is 154 Å². The van der Waals surface area contributed by atoms with E-state index in [4.69, 9.17) is 15.2 Å². The normalized spacial score (nSPS) is 34.3. The highest BCUT2D eigenvalue weighted by Crippen LogP contribution is 2.61. The van der Waals surface area contributed by atoms with Crippen LogP contribution in [0.3, 0.4) is 0 Å². The minimum Gasteiger partial charge on any atom is -0.459 e. The van der Waals surface area contributed by atoms with Gasteiger partial charge in [-0.25, -0.2) is 4.79 Å². The van der Waals surface area contributed by atoms with Crippen LogP contribution in [0.5, 0.6) is 0 Å². The number of aliphatic hydroxyl groups excluding tert-OH is 2. The molecule has 1 fully saturated rings. The van der Waals surface area contributed by atoms with E-state index in [0.717, 1.165) is 74.8 Å². The van der Waals surface area contributed by atoms with Crippen molar-refractivity contribution in [2.75, 3.05) is 33.4 Å². The largest absolute Gasteiger partial charge is 0.459 e. The highest BCUT2D eigenvalue weighted by atomic mass is 16.7. The van der Waals surface area contributed by atoms with Crippen LogP contribution in [0.2, 0.25) is 0 Å². The number of rotatable bonds is 14. The van der Waals surface area contributed by atoms with E-state index in [1.165, 1.54) is 16.7 Å². The molecule has 4 bridgehead atoms. The number of epoxide rings is 1. The van der Waals surface area contributed by atoms with Crippen LogP contribution in [0, 0.1) is 23.2 Å². The maximum atomic E-state index is 15.8. The summed E-state index contributed by atoms with van der Waals surface area (Å²) in [5, 5.41) is 38.7. The predicted molar refractivity (Wildman–Crippen MR) is 267 cm³/mol. The van der Waals surface area contributed by atoms with Crippen LogP contribution in [-0.4, -0.2) is 96.8 Å². The lowest BCUT2D eigenvalue weighted by atomic mass is 9.66. The summed E-state index contributed by atoms with van der Waals surface area (Å²) in [5.74, 6) is -0.265. The molecule has 9 rings (SSSR count). The Labute approximate surface area is 408 Å². The number of benzene rings is 1. The molecule has 8 aliphatic rings. The lowest BCUT2D eigenvalue weighted by molar-refractivity contribution is -0.158. The molecule has 5 aliphatic heterocycles. The average molecular weight is 945 g/mol. The fraction of sp³-hybridized carbons (Fsp3) is 0.589. The Morgan fingerprint density at radius 3 is 2.71 bits per heavy atom. The molecule has 3 aliphatic carbocycles. The van der Waals surface area contributed by atoms with E-state index in [9.17, 15) is 10.2 Å². The molecule has 13 heteroatoms. The second-order valence-electron chi connectivity index (χ2n) is 21.5. The Morgan fingerprint density at radius 1 is 1.09 bits per heavy atom. The van der Waals surface area contributed by atoms with E-state index in [1.807, 2.05) is 38.4 Å². The standard InChI is InChI=1S/C56H76N6O7/c1-5-59-45-27-38-13-8-12-36-11-6-7-24-54(3,29-35-18-21-47(57)61-32-35)30-39-14-9-15-42-49(39)51(66)56(53(67)68-46(16-10-26-63)44(45)28-43(36)38)55(69-56,50(42)65)31-40(33-64)34(2)17-19-37-23-25-60-52-41(37)20-22-48(58-4)62-52/h8-9,13-15,18,21,23,27,32,36,43-48,58-64H,5-7,10-12,16-17,19-20,22,24-26,28-31,33,57H2,1-4H3. The molecule has 1 spiro atoms. The Morgan fingerprint density at radius 2 is 1.94 bits per heavy atom. The zero-order valence-electron chi connectivity index (χ0n) is 41.3. The molecule has 1 aromatic carbocycles. The number of allylic oxidation sites excluding steroid dienone is 8. The number of dihydropyridines is 2. The van der Waals surface area contributed by atoms with Crippen LogP contribution in [0.4, 0.5) is 0 Å². The first-order valence-electron chi connectivity index (χ1n) is 26.0. The summed E-state index contributed by atoms with van der Waals surface area (Å²) in [6, 6.07) is 5.36.